The molecule has 1 saturated carbocycles. The van der Waals surface area contributed by atoms with Crippen LogP contribution in [0.15, 0.2) is 11.8 Å². The molecule has 2 N–H and O–H groups in total. The number of allylic oxidation sites excluding steroid dienone is 2. The number of rotatable bonds is 0. The Kier molecular flexibility index (Phi) is 2.09. The van der Waals surface area contributed by atoms with E-state index in [0.29, 0.717) is 11.7 Å². The lowest BCUT2D eigenvalue weighted by Gasteiger charge is -2.37. The maximum atomic E-state index is 9.68. The quantitative estimate of drug-likeness (QED) is 0.580. The normalized spacial score (nSPS) is 41.8. The maximum absolute atomic E-state index is 9.68. The van der Waals surface area contributed by atoms with Crippen LogP contribution in [0.3, 0.4) is 0 Å². The molecular weight excluding hydrogens is 152 g/mol. The van der Waals surface area contributed by atoms with Gasteiger partial charge in [-0.1, -0.05) is 6.42 Å². The van der Waals surface area contributed by atoms with Crippen molar-refractivity contribution in [1.82, 2.24) is 0 Å². The van der Waals surface area contributed by atoms with Crippen LogP contribution < -0.4 is 0 Å². The minimum absolute atomic E-state index is 0.167. The van der Waals surface area contributed by atoms with Crippen LogP contribution in [0.2, 0.25) is 0 Å². The van der Waals surface area contributed by atoms with Gasteiger partial charge in [0.2, 0.25) is 0 Å². The average molecular weight is 168 g/mol. The summed E-state index contributed by atoms with van der Waals surface area (Å²) in [5.41, 5.74) is 0. The van der Waals surface area contributed by atoms with Gasteiger partial charge in [0.15, 0.2) is 0 Å². The summed E-state index contributed by atoms with van der Waals surface area (Å²) >= 11 is 0. The fourth-order valence-electron chi connectivity index (χ4n) is 2.58. The Morgan fingerprint density at radius 3 is 2.83 bits per heavy atom. The predicted octanol–water partition coefficient (Wildman–Crippen LogP) is 2.00. The second kappa shape index (κ2) is 3.09. The molecule has 2 aliphatic rings. The molecule has 3 atom stereocenters. The molecule has 68 valence electrons. The first kappa shape index (κ1) is 8.11. The molecule has 0 aliphatic heterocycles. The molecule has 0 amide bonds. The van der Waals surface area contributed by atoms with Crippen LogP contribution in [0.1, 0.15) is 32.1 Å². The van der Waals surface area contributed by atoms with Crippen LogP contribution in [0.25, 0.3) is 0 Å². The van der Waals surface area contributed by atoms with E-state index in [2.05, 4.69) is 0 Å². The summed E-state index contributed by atoms with van der Waals surface area (Å²) in [6.45, 7) is 0. The van der Waals surface area contributed by atoms with Crippen molar-refractivity contribution in [2.75, 3.05) is 0 Å². The highest BCUT2D eigenvalue weighted by Gasteiger charge is 2.35. The zero-order valence-corrected chi connectivity index (χ0v) is 7.24. The van der Waals surface area contributed by atoms with Crippen molar-refractivity contribution in [3.8, 4) is 0 Å². The van der Waals surface area contributed by atoms with Crippen molar-refractivity contribution in [3.63, 3.8) is 0 Å². The van der Waals surface area contributed by atoms with Gasteiger partial charge < -0.3 is 10.2 Å². The van der Waals surface area contributed by atoms with Crippen LogP contribution in [-0.2, 0) is 0 Å². The zero-order valence-electron chi connectivity index (χ0n) is 7.24. The molecule has 2 rings (SSSR count). The first-order valence-electron chi connectivity index (χ1n) is 4.86. The largest absolute Gasteiger partial charge is 0.512 e. The van der Waals surface area contributed by atoms with E-state index in [4.69, 9.17) is 0 Å². The van der Waals surface area contributed by atoms with Crippen molar-refractivity contribution in [3.05, 3.63) is 11.8 Å². The Labute approximate surface area is 72.9 Å². The van der Waals surface area contributed by atoms with Gasteiger partial charge in [0.05, 0.1) is 11.9 Å². The van der Waals surface area contributed by atoms with E-state index in [1.54, 1.807) is 0 Å². The summed E-state index contributed by atoms with van der Waals surface area (Å²) in [4.78, 5) is 0. The van der Waals surface area contributed by atoms with E-state index < -0.39 is 0 Å². The van der Waals surface area contributed by atoms with Crippen LogP contribution >= 0.6 is 0 Å². The Morgan fingerprint density at radius 1 is 1.25 bits per heavy atom. The fourth-order valence-corrected chi connectivity index (χ4v) is 2.58. The van der Waals surface area contributed by atoms with Gasteiger partial charge >= 0.3 is 0 Å². The van der Waals surface area contributed by atoms with Gasteiger partial charge in [0, 0.05) is 5.92 Å². The molecule has 0 bridgehead atoms. The SMILES string of the molecule is OC1=CCCC2C(O)CCCC12. The van der Waals surface area contributed by atoms with Crippen molar-refractivity contribution < 1.29 is 10.2 Å². The molecule has 3 unspecified atom stereocenters. The summed E-state index contributed by atoms with van der Waals surface area (Å²) in [6.07, 6.45) is 6.78. The van der Waals surface area contributed by atoms with Gasteiger partial charge in [-0.25, -0.2) is 0 Å². The first-order chi connectivity index (χ1) is 5.79. The molecule has 0 aromatic heterocycles. The smallest absolute Gasteiger partial charge is 0.0917 e. The first-order valence-corrected chi connectivity index (χ1v) is 4.86. The lowest BCUT2D eigenvalue weighted by molar-refractivity contribution is 0.0213. The van der Waals surface area contributed by atoms with Crippen molar-refractivity contribution in [1.29, 1.82) is 0 Å². The van der Waals surface area contributed by atoms with Crippen LogP contribution in [0.5, 0.6) is 0 Å². The maximum Gasteiger partial charge on any atom is 0.0917 e. The Balaban J connectivity index is 2.15. The van der Waals surface area contributed by atoms with E-state index in [0.717, 1.165) is 32.1 Å². The van der Waals surface area contributed by atoms with Gasteiger partial charge in [-0.3, -0.25) is 0 Å². The Bertz CT molecular complexity index is 198. The van der Waals surface area contributed by atoms with E-state index in [1.165, 1.54) is 0 Å². The highest BCUT2D eigenvalue weighted by atomic mass is 16.3. The minimum Gasteiger partial charge on any atom is -0.512 e. The molecule has 0 aromatic rings. The lowest BCUT2D eigenvalue weighted by atomic mass is 9.71. The number of hydrogen-bond donors (Lipinski definition) is 2. The molecule has 2 aliphatic carbocycles. The molecule has 0 heterocycles. The van der Waals surface area contributed by atoms with E-state index in [9.17, 15) is 10.2 Å². The van der Waals surface area contributed by atoms with Gasteiger partial charge in [0.1, 0.15) is 0 Å². The monoisotopic (exact) mass is 168 g/mol. The van der Waals surface area contributed by atoms with Gasteiger partial charge in [-0.15, -0.1) is 0 Å². The summed E-state index contributed by atoms with van der Waals surface area (Å²) < 4.78 is 0. The second-order valence-electron chi connectivity index (χ2n) is 3.97. The van der Waals surface area contributed by atoms with E-state index in [-0.39, 0.29) is 12.0 Å². The summed E-state index contributed by atoms with van der Waals surface area (Å²) in [5.74, 6) is 1.14. The molecular formula is C10H16O2. The molecule has 0 spiro atoms. The third kappa shape index (κ3) is 1.24. The zero-order chi connectivity index (χ0) is 8.55. The topological polar surface area (TPSA) is 40.5 Å². The standard InChI is InChI=1S/C10H16O2/c11-9-5-1-3-7-8(9)4-2-6-10(7)12/h5,7-8,10-12H,1-4,6H2. The number of hydrogen-bond acceptors (Lipinski definition) is 2. The highest BCUT2D eigenvalue weighted by Crippen LogP contribution is 2.40. The van der Waals surface area contributed by atoms with Crippen LogP contribution in [0, 0.1) is 11.8 Å². The van der Waals surface area contributed by atoms with Gasteiger partial charge in [-0.05, 0) is 37.7 Å². The molecule has 1 fully saturated rings. The number of aliphatic hydroxyl groups is 2. The average Bonchev–Trinajstić information content (AvgIpc) is 2.07. The third-order valence-corrected chi connectivity index (χ3v) is 3.26. The Hall–Kier alpha value is -0.500. The van der Waals surface area contributed by atoms with E-state index in [1.807, 2.05) is 6.08 Å². The summed E-state index contributed by atoms with van der Waals surface area (Å²) in [6, 6.07) is 0. The molecule has 0 aromatic carbocycles. The molecule has 0 saturated heterocycles. The molecule has 2 heteroatoms. The van der Waals surface area contributed by atoms with Gasteiger partial charge in [-0.2, -0.15) is 0 Å². The van der Waals surface area contributed by atoms with Crippen molar-refractivity contribution in [2.24, 2.45) is 11.8 Å². The highest BCUT2D eigenvalue weighted by molar-refractivity contribution is 5.06. The van der Waals surface area contributed by atoms with Crippen LogP contribution in [-0.4, -0.2) is 16.3 Å². The second-order valence-corrected chi connectivity index (χ2v) is 3.97. The molecule has 12 heavy (non-hydrogen) atoms. The van der Waals surface area contributed by atoms with Gasteiger partial charge in [0.25, 0.3) is 0 Å². The number of aliphatic hydroxyl groups excluding tert-OH is 2. The molecule has 0 radical (unpaired) electrons. The molecule has 2 nitrogen and oxygen atoms in total. The van der Waals surface area contributed by atoms with Crippen molar-refractivity contribution in [2.45, 2.75) is 38.2 Å². The third-order valence-electron chi connectivity index (χ3n) is 3.26. The van der Waals surface area contributed by atoms with Crippen molar-refractivity contribution >= 4 is 0 Å². The minimum atomic E-state index is -0.167. The number of fused-ring (bicyclic) bond motifs is 1. The Morgan fingerprint density at radius 2 is 2.08 bits per heavy atom. The summed E-state index contributed by atoms with van der Waals surface area (Å²) in [5, 5.41) is 19.3. The predicted molar refractivity (Wildman–Crippen MR) is 46.8 cm³/mol. The van der Waals surface area contributed by atoms with E-state index >= 15 is 0 Å². The van der Waals surface area contributed by atoms with Crippen LogP contribution in [0.4, 0.5) is 0 Å². The summed E-state index contributed by atoms with van der Waals surface area (Å²) in [7, 11) is 0. The fraction of sp³-hybridized carbons (Fsp3) is 0.800. The lowest BCUT2D eigenvalue weighted by Crippen LogP contribution is -2.35.